The van der Waals surface area contributed by atoms with E-state index in [9.17, 15) is 4.79 Å². The highest BCUT2D eigenvalue weighted by Gasteiger charge is 2.04. The summed E-state index contributed by atoms with van der Waals surface area (Å²) in [5, 5.41) is 5.32. The van der Waals surface area contributed by atoms with Crippen molar-refractivity contribution in [2.45, 2.75) is 13.5 Å². The number of halogens is 2. The van der Waals surface area contributed by atoms with Crippen LogP contribution in [0.1, 0.15) is 18.1 Å². The van der Waals surface area contributed by atoms with Gasteiger partial charge in [-0.15, -0.1) is 0 Å². The van der Waals surface area contributed by atoms with Crippen LogP contribution in [-0.2, 0) is 16.1 Å². The zero-order valence-electron chi connectivity index (χ0n) is 13.7. The van der Waals surface area contributed by atoms with Crippen molar-refractivity contribution in [1.82, 2.24) is 5.43 Å². The van der Waals surface area contributed by atoms with Crippen molar-refractivity contribution in [3.63, 3.8) is 0 Å². The molecule has 0 atom stereocenters. The molecule has 0 radical (unpaired) electrons. The van der Waals surface area contributed by atoms with Gasteiger partial charge in [0.1, 0.15) is 5.75 Å². The second-order valence-corrected chi connectivity index (χ2v) is 5.77. The average Bonchev–Trinajstić information content (AvgIpc) is 2.59. The summed E-state index contributed by atoms with van der Waals surface area (Å²) in [6.45, 7) is 2.36. The maximum atomic E-state index is 11.3. The molecule has 0 amide bonds. The summed E-state index contributed by atoms with van der Waals surface area (Å²) in [4.78, 5) is 11.3. The van der Waals surface area contributed by atoms with Crippen molar-refractivity contribution in [2.75, 3.05) is 13.2 Å². The lowest BCUT2D eigenvalue weighted by molar-refractivity contribution is -0.145. The van der Waals surface area contributed by atoms with E-state index in [4.69, 9.17) is 32.7 Å². The van der Waals surface area contributed by atoms with E-state index in [1.165, 1.54) is 0 Å². The summed E-state index contributed by atoms with van der Waals surface area (Å²) in [6, 6.07) is 12.5. The molecule has 5 nitrogen and oxygen atoms in total. The van der Waals surface area contributed by atoms with E-state index in [1.807, 2.05) is 12.1 Å². The molecule has 25 heavy (non-hydrogen) atoms. The molecule has 0 aliphatic heterocycles. The second-order valence-electron chi connectivity index (χ2n) is 4.96. The lowest BCUT2D eigenvalue weighted by Gasteiger charge is -2.07. The van der Waals surface area contributed by atoms with E-state index in [0.29, 0.717) is 28.9 Å². The van der Waals surface area contributed by atoms with Gasteiger partial charge in [-0.1, -0.05) is 41.4 Å². The zero-order valence-corrected chi connectivity index (χ0v) is 15.2. The first kappa shape index (κ1) is 19.1. The fourth-order valence-electron chi connectivity index (χ4n) is 1.98. The highest BCUT2D eigenvalue weighted by Crippen LogP contribution is 2.23. The molecule has 0 spiro atoms. The van der Waals surface area contributed by atoms with Gasteiger partial charge in [0, 0.05) is 15.6 Å². The maximum absolute atomic E-state index is 11.3. The summed E-state index contributed by atoms with van der Waals surface area (Å²) in [5.74, 6) is 0.158. The van der Waals surface area contributed by atoms with E-state index in [0.717, 1.165) is 11.1 Å². The molecular weight excluding hydrogens is 363 g/mol. The van der Waals surface area contributed by atoms with Gasteiger partial charge in [0.2, 0.25) is 0 Å². The molecule has 2 rings (SSSR count). The predicted octanol–water partition coefficient (Wildman–Crippen LogP) is 4.06. The molecule has 2 aromatic carbocycles. The summed E-state index contributed by atoms with van der Waals surface area (Å²) in [6.07, 6.45) is 1.64. The minimum absolute atomic E-state index is 0.127. The number of rotatable bonds is 8. The molecule has 0 bridgehead atoms. The normalized spacial score (nSPS) is 10.7. The van der Waals surface area contributed by atoms with Crippen molar-refractivity contribution in [2.24, 2.45) is 5.10 Å². The zero-order chi connectivity index (χ0) is 18.1. The van der Waals surface area contributed by atoms with Gasteiger partial charge in [-0.3, -0.25) is 0 Å². The van der Waals surface area contributed by atoms with Gasteiger partial charge < -0.3 is 14.9 Å². The quantitative estimate of drug-likeness (QED) is 0.426. The largest absolute Gasteiger partial charge is 0.482 e. The topological polar surface area (TPSA) is 59.9 Å². The first-order valence-corrected chi connectivity index (χ1v) is 8.43. The molecule has 2 aromatic rings. The Bertz CT molecular complexity index is 731. The first-order valence-electron chi connectivity index (χ1n) is 7.67. The third-order valence-corrected chi connectivity index (χ3v) is 3.85. The maximum Gasteiger partial charge on any atom is 0.344 e. The third-order valence-electron chi connectivity index (χ3n) is 3.14. The minimum Gasteiger partial charge on any atom is -0.482 e. The van der Waals surface area contributed by atoms with E-state index in [2.05, 4.69) is 10.5 Å². The number of carbonyl (C=O) groups excluding carboxylic acids is 1. The molecule has 0 heterocycles. The van der Waals surface area contributed by atoms with Gasteiger partial charge in [0.25, 0.3) is 0 Å². The van der Waals surface area contributed by atoms with Gasteiger partial charge in [-0.05, 0) is 36.8 Å². The number of nitrogens with zero attached hydrogens (tertiary/aromatic N) is 1. The SMILES string of the molecule is CCOC(=O)COc1cccc(/C=N\NCc2c(Cl)cccc2Cl)c1. The van der Waals surface area contributed by atoms with Crippen LogP contribution >= 0.6 is 23.2 Å². The summed E-state index contributed by atoms with van der Waals surface area (Å²) in [7, 11) is 0. The summed E-state index contributed by atoms with van der Waals surface area (Å²) in [5.41, 5.74) is 4.51. The molecule has 0 aromatic heterocycles. The Morgan fingerprint density at radius 2 is 1.92 bits per heavy atom. The van der Waals surface area contributed by atoms with Crippen molar-refractivity contribution in [3.05, 3.63) is 63.6 Å². The van der Waals surface area contributed by atoms with Crippen LogP contribution in [0.4, 0.5) is 0 Å². The smallest absolute Gasteiger partial charge is 0.344 e. The molecule has 0 saturated carbocycles. The van der Waals surface area contributed by atoms with E-state index in [1.54, 1.807) is 43.5 Å². The Morgan fingerprint density at radius 3 is 2.64 bits per heavy atom. The second kappa shape index (κ2) is 9.91. The van der Waals surface area contributed by atoms with Gasteiger partial charge in [-0.2, -0.15) is 5.10 Å². The summed E-state index contributed by atoms with van der Waals surface area (Å²) < 4.78 is 10.2. The third kappa shape index (κ3) is 6.29. The molecule has 7 heteroatoms. The van der Waals surface area contributed by atoms with E-state index < -0.39 is 5.97 Å². The van der Waals surface area contributed by atoms with Crippen molar-refractivity contribution in [3.8, 4) is 5.75 Å². The number of hydrogen-bond acceptors (Lipinski definition) is 5. The van der Waals surface area contributed by atoms with E-state index >= 15 is 0 Å². The van der Waals surface area contributed by atoms with Crippen LogP contribution in [-0.4, -0.2) is 25.4 Å². The lowest BCUT2D eigenvalue weighted by atomic mass is 10.2. The highest BCUT2D eigenvalue weighted by atomic mass is 35.5. The molecule has 0 unspecified atom stereocenters. The fourth-order valence-corrected chi connectivity index (χ4v) is 2.51. The fraction of sp³-hybridized carbons (Fsp3) is 0.222. The number of hydrogen-bond donors (Lipinski definition) is 1. The van der Waals surface area contributed by atoms with Gasteiger partial charge in [-0.25, -0.2) is 4.79 Å². The van der Waals surface area contributed by atoms with Gasteiger partial charge >= 0.3 is 5.97 Å². The Hall–Kier alpha value is -2.24. The van der Waals surface area contributed by atoms with Crippen LogP contribution in [0.5, 0.6) is 5.75 Å². The number of carbonyl (C=O) groups is 1. The van der Waals surface area contributed by atoms with Gasteiger partial charge in [0.05, 0.1) is 19.4 Å². The van der Waals surface area contributed by atoms with Crippen LogP contribution in [0.3, 0.4) is 0 Å². The number of ether oxygens (including phenoxy) is 2. The molecule has 0 fully saturated rings. The average molecular weight is 381 g/mol. The van der Waals surface area contributed by atoms with Crippen molar-refractivity contribution >= 4 is 35.4 Å². The lowest BCUT2D eigenvalue weighted by Crippen LogP contribution is -2.14. The first-order chi connectivity index (χ1) is 12.1. The Morgan fingerprint density at radius 1 is 1.20 bits per heavy atom. The van der Waals surface area contributed by atoms with E-state index in [-0.39, 0.29) is 6.61 Å². The molecule has 0 aliphatic carbocycles. The van der Waals surface area contributed by atoms with Crippen molar-refractivity contribution < 1.29 is 14.3 Å². The van der Waals surface area contributed by atoms with Crippen LogP contribution in [0.2, 0.25) is 10.0 Å². The van der Waals surface area contributed by atoms with Crippen LogP contribution in [0, 0.1) is 0 Å². The Labute approximate surface area is 156 Å². The standard InChI is InChI=1S/C18H18Cl2N2O3/c1-2-24-18(23)12-25-14-6-3-5-13(9-14)10-21-22-11-15-16(19)7-4-8-17(15)20/h3-10,22H,2,11-12H2,1H3/b21-10-. The monoisotopic (exact) mass is 380 g/mol. The highest BCUT2D eigenvalue weighted by molar-refractivity contribution is 6.35. The molecule has 0 aliphatic rings. The molecular formula is C18H18Cl2N2O3. The number of nitrogens with one attached hydrogen (secondary N) is 1. The van der Waals surface area contributed by atoms with Gasteiger partial charge in [0.15, 0.2) is 6.61 Å². The Balaban J connectivity index is 1.88. The van der Waals surface area contributed by atoms with Crippen molar-refractivity contribution in [1.29, 1.82) is 0 Å². The minimum atomic E-state index is -0.403. The summed E-state index contributed by atoms with van der Waals surface area (Å²) >= 11 is 12.2. The Kier molecular flexibility index (Phi) is 7.57. The van der Waals surface area contributed by atoms with Crippen LogP contribution < -0.4 is 10.2 Å². The molecule has 132 valence electrons. The van der Waals surface area contributed by atoms with Crippen LogP contribution in [0.15, 0.2) is 47.6 Å². The molecule has 0 saturated heterocycles. The van der Waals surface area contributed by atoms with Crippen LogP contribution in [0.25, 0.3) is 0 Å². The number of hydrazone groups is 1. The molecule has 1 N–H and O–H groups in total. The number of benzene rings is 2. The number of esters is 1. The predicted molar refractivity (Wildman–Crippen MR) is 99.5 cm³/mol.